The zero-order chi connectivity index (χ0) is 13.8. The van der Waals surface area contributed by atoms with E-state index in [0.717, 1.165) is 19.3 Å². The number of carbonyl (C=O) groups is 1. The molecule has 5 nitrogen and oxygen atoms in total. The van der Waals surface area contributed by atoms with Crippen LogP contribution < -0.4 is 4.74 Å². The second-order valence-corrected chi connectivity index (χ2v) is 4.86. The lowest BCUT2D eigenvalue weighted by Crippen LogP contribution is -2.29. The Labute approximate surface area is 113 Å². The third-order valence-electron chi connectivity index (χ3n) is 3.35. The van der Waals surface area contributed by atoms with Gasteiger partial charge in [-0.2, -0.15) is 5.10 Å². The lowest BCUT2D eigenvalue weighted by Gasteiger charge is -2.16. The zero-order valence-electron chi connectivity index (χ0n) is 11.9. The molecule has 2 rings (SSSR count). The highest BCUT2D eigenvalue weighted by Gasteiger charge is 2.39. The van der Waals surface area contributed by atoms with Crippen molar-refractivity contribution in [3.63, 3.8) is 0 Å². The molecule has 1 aliphatic rings. The standard InChI is InChI=1S/C14H22N2O3/c1-4-8-16-12(11(18-3)9-15-16)13(17)14(19-5-2)10-6-7-10/h9-10,14H,4-8H2,1-3H3. The van der Waals surface area contributed by atoms with Crippen LogP contribution in [0.4, 0.5) is 0 Å². The summed E-state index contributed by atoms with van der Waals surface area (Å²) in [5, 5.41) is 4.24. The van der Waals surface area contributed by atoms with Crippen LogP contribution in [0.5, 0.6) is 5.75 Å². The van der Waals surface area contributed by atoms with E-state index in [2.05, 4.69) is 12.0 Å². The molecule has 0 radical (unpaired) electrons. The van der Waals surface area contributed by atoms with Crippen LogP contribution in [0.3, 0.4) is 0 Å². The lowest BCUT2D eigenvalue weighted by atomic mass is 10.1. The summed E-state index contributed by atoms with van der Waals surface area (Å²) in [5.41, 5.74) is 0.551. The number of ether oxygens (including phenoxy) is 2. The van der Waals surface area contributed by atoms with Crippen molar-refractivity contribution in [3.8, 4) is 5.75 Å². The molecule has 0 spiro atoms. The topological polar surface area (TPSA) is 53.4 Å². The van der Waals surface area contributed by atoms with E-state index in [1.54, 1.807) is 18.0 Å². The van der Waals surface area contributed by atoms with Crippen molar-refractivity contribution in [2.24, 2.45) is 5.92 Å². The number of aryl methyl sites for hydroxylation is 1. The minimum absolute atomic E-state index is 0.00662. The zero-order valence-corrected chi connectivity index (χ0v) is 11.9. The number of hydrogen-bond donors (Lipinski definition) is 0. The van der Waals surface area contributed by atoms with Crippen LogP contribution >= 0.6 is 0 Å². The monoisotopic (exact) mass is 266 g/mol. The van der Waals surface area contributed by atoms with Crippen molar-refractivity contribution in [1.29, 1.82) is 0 Å². The fourth-order valence-corrected chi connectivity index (χ4v) is 2.29. The van der Waals surface area contributed by atoms with Gasteiger partial charge in [-0.25, -0.2) is 0 Å². The first-order valence-electron chi connectivity index (χ1n) is 6.98. The van der Waals surface area contributed by atoms with Crippen molar-refractivity contribution in [1.82, 2.24) is 9.78 Å². The van der Waals surface area contributed by atoms with Gasteiger partial charge in [-0.3, -0.25) is 9.48 Å². The van der Waals surface area contributed by atoms with Gasteiger partial charge in [0.15, 0.2) is 5.75 Å². The molecule has 5 heteroatoms. The maximum atomic E-state index is 12.7. The Hall–Kier alpha value is -1.36. The third kappa shape index (κ3) is 2.97. The molecule has 1 saturated carbocycles. The van der Waals surface area contributed by atoms with E-state index in [9.17, 15) is 4.79 Å². The molecule has 0 N–H and O–H groups in total. The molecule has 1 atom stereocenters. The van der Waals surface area contributed by atoms with Gasteiger partial charge in [0.1, 0.15) is 11.8 Å². The van der Waals surface area contributed by atoms with Gasteiger partial charge in [-0.05, 0) is 32.1 Å². The molecular weight excluding hydrogens is 244 g/mol. The van der Waals surface area contributed by atoms with Crippen molar-refractivity contribution in [2.45, 2.75) is 45.8 Å². The van der Waals surface area contributed by atoms with E-state index in [4.69, 9.17) is 9.47 Å². The van der Waals surface area contributed by atoms with E-state index in [1.165, 1.54) is 0 Å². The Morgan fingerprint density at radius 1 is 1.53 bits per heavy atom. The molecule has 1 heterocycles. The number of nitrogens with zero attached hydrogens (tertiary/aromatic N) is 2. The first kappa shape index (κ1) is 14.1. The van der Waals surface area contributed by atoms with Gasteiger partial charge in [-0.15, -0.1) is 0 Å². The highest BCUT2D eigenvalue weighted by atomic mass is 16.5. The van der Waals surface area contributed by atoms with Gasteiger partial charge in [0.05, 0.1) is 13.3 Å². The second kappa shape index (κ2) is 6.19. The first-order chi connectivity index (χ1) is 9.22. The van der Waals surface area contributed by atoms with Crippen LogP contribution in [0.25, 0.3) is 0 Å². The molecule has 1 aliphatic carbocycles. The van der Waals surface area contributed by atoms with Crippen LogP contribution in [0.2, 0.25) is 0 Å². The summed E-state index contributed by atoms with van der Waals surface area (Å²) >= 11 is 0. The number of carbonyl (C=O) groups excluding carboxylic acids is 1. The summed E-state index contributed by atoms with van der Waals surface area (Å²) in [4.78, 5) is 12.7. The summed E-state index contributed by atoms with van der Waals surface area (Å²) in [6, 6.07) is 0. The van der Waals surface area contributed by atoms with Crippen LogP contribution in [0.1, 0.15) is 43.6 Å². The normalized spacial score (nSPS) is 16.4. The SMILES string of the molecule is CCCn1ncc(OC)c1C(=O)C(OCC)C1CC1. The van der Waals surface area contributed by atoms with Crippen LogP contribution in [-0.2, 0) is 11.3 Å². The molecule has 0 saturated heterocycles. The number of methoxy groups -OCH3 is 1. The quantitative estimate of drug-likeness (QED) is 0.677. The van der Waals surface area contributed by atoms with Gasteiger partial charge in [0.25, 0.3) is 0 Å². The fourth-order valence-electron chi connectivity index (χ4n) is 2.29. The predicted molar refractivity (Wildman–Crippen MR) is 71.5 cm³/mol. The van der Waals surface area contributed by atoms with Crippen LogP contribution in [0, 0.1) is 5.92 Å². The molecule has 1 aromatic heterocycles. The molecule has 1 aromatic rings. The smallest absolute Gasteiger partial charge is 0.213 e. The summed E-state index contributed by atoms with van der Waals surface area (Å²) in [6.07, 6.45) is 4.33. The number of hydrogen-bond acceptors (Lipinski definition) is 4. The molecule has 19 heavy (non-hydrogen) atoms. The lowest BCUT2D eigenvalue weighted by molar-refractivity contribution is 0.0362. The van der Waals surface area contributed by atoms with Gasteiger partial charge < -0.3 is 9.47 Å². The fraction of sp³-hybridized carbons (Fsp3) is 0.714. The van der Waals surface area contributed by atoms with E-state index < -0.39 is 0 Å². The van der Waals surface area contributed by atoms with Gasteiger partial charge in [0.2, 0.25) is 5.78 Å². The van der Waals surface area contributed by atoms with Crippen molar-refractivity contribution >= 4 is 5.78 Å². The maximum absolute atomic E-state index is 12.7. The van der Waals surface area contributed by atoms with E-state index in [1.807, 2.05) is 6.92 Å². The maximum Gasteiger partial charge on any atom is 0.213 e. The number of Topliss-reactive ketones (excluding diaryl/α,β-unsaturated/α-hetero) is 1. The first-order valence-corrected chi connectivity index (χ1v) is 6.98. The molecule has 0 aromatic carbocycles. The molecule has 106 valence electrons. The molecule has 0 bridgehead atoms. The number of ketones is 1. The summed E-state index contributed by atoms with van der Waals surface area (Å²) < 4.78 is 12.6. The third-order valence-corrected chi connectivity index (χ3v) is 3.35. The average Bonchev–Trinajstić information content (AvgIpc) is 3.16. The Morgan fingerprint density at radius 2 is 2.26 bits per heavy atom. The minimum atomic E-state index is -0.341. The number of aromatic nitrogens is 2. The van der Waals surface area contributed by atoms with Crippen LogP contribution in [-0.4, -0.2) is 35.4 Å². The minimum Gasteiger partial charge on any atom is -0.493 e. The Balaban J connectivity index is 2.26. The highest BCUT2D eigenvalue weighted by Crippen LogP contribution is 2.37. The Bertz CT molecular complexity index is 438. The van der Waals surface area contributed by atoms with Gasteiger partial charge in [0, 0.05) is 13.2 Å². The van der Waals surface area contributed by atoms with E-state index in [0.29, 0.717) is 30.5 Å². The van der Waals surface area contributed by atoms with E-state index >= 15 is 0 Å². The molecule has 0 aliphatic heterocycles. The van der Waals surface area contributed by atoms with Crippen molar-refractivity contribution < 1.29 is 14.3 Å². The molecule has 1 unspecified atom stereocenters. The van der Waals surface area contributed by atoms with Gasteiger partial charge >= 0.3 is 0 Å². The molecule has 1 fully saturated rings. The second-order valence-electron chi connectivity index (χ2n) is 4.86. The van der Waals surface area contributed by atoms with Crippen LogP contribution in [0.15, 0.2) is 6.20 Å². The van der Waals surface area contributed by atoms with Crippen molar-refractivity contribution in [2.75, 3.05) is 13.7 Å². The molecule has 0 amide bonds. The largest absolute Gasteiger partial charge is 0.493 e. The summed E-state index contributed by atoms with van der Waals surface area (Å²) in [6.45, 7) is 5.25. The van der Waals surface area contributed by atoms with E-state index in [-0.39, 0.29) is 11.9 Å². The number of rotatable bonds is 8. The molecular formula is C14H22N2O3. The Kier molecular flexibility index (Phi) is 4.58. The summed E-state index contributed by atoms with van der Waals surface area (Å²) in [7, 11) is 1.57. The highest BCUT2D eigenvalue weighted by molar-refractivity contribution is 6.00. The Morgan fingerprint density at radius 3 is 2.79 bits per heavy atom. The van der Waals surface area contributed by atoms with Gasteiger partial charge in [-0.1, -0.05) is 6.92 Å². The average molecular weight is 266 g/mol. The predicted octanol–water partition coefficient (Wildman–Crippen LogP) is 2.30. The summed E-state index contributed by atoms with van der Waals surface area (Å²) in [5.74, 6) is 0.915. The van der Waals surface area contributed by atoms with Crippen molar-refractivity contribution in [3.05, 3.63) is 11.9 Å².